The summed E-state index contributed by atoms with van der Waals surface area (Å²) < 4.78 is 0. The van der Waals surface area contributed by atoms with Gasteiger partial charge in [0.2, 0.25) is 0 Å². The molecule has 1 unspecified atom stereocenters. The molecule has 2 N–H and O–H groups in total. The normalized spacial score (nSPS) is 11.6. The molecule has 5 heteroatoms. The van der Waals surface area contributed by atoms with Crippen molar-refractivity contribution in [2.24, 2.45) is 0 Å². The van der Waals surface area contributed by atoms with E-state index in [1.54, 1.807) is 25.4 Å². The largest absolute Gasteiger partial charge is 0.395 e. The van der Waals surface area contributed by atoms with Crippen LogP contribution in [0, 0.1) is 11.8 Å². The number of thiophene rings is 1. The van der Waals surface area contributed by atoms with Gasteiger partial charge >= 0.3 is 0 Å². The molecule has 4 nitrogen and oxygen atoms in total. The van der Waals surface area contributed by atoms with Gasteiger partial charge in [0, 0.05) is 18.8 Å². The number of amides is 1. The second-order valence-electron chi connectivity index (χ2n) is 3.92. The molecule has 0 aliphatic rings. The van der Waals surface area contributed by atoms with E-state index >= 15 is 0 Å². The summed E-state index contributed by atoms with van der Waals surface area (Å²) >= 11 is 1.40. The minimum atomic E-state index is -0.207. The summed E-state index contributed by atoms with van der Waals surface area (Å²) in [5, 5.41) is 19.4. The number of aliphatic hydroxyl groups excluding tert-OH is 2. The summed E-state index contributed by atoms with van der Waals surface area (Å²) in [6, 6.07) is 1.53. The van der Waals surface area contributed by atoms with Crippen LogP contribution in [0.3, 0.4) is 0 Å². The van der Waals surface area contributed by atoms with Crippen LogP contribution >= 0.6 is 11.3 Å². The molecule has 1 aromatic heterocycles. The standard InChI is InChI=1S/C13H17NO3S/c1-10(8-16)14(2)13(17)11-7-12(18-9-11)5-3-4-6-15/h7,9-10,15-16H,4,6,8H2,1-2H3. The van der Waals surface area contributed by atoms with Crippen molar-refractivity contribution in [3.8, 4) is 11.8 Å². The number of carbonyl (C=O) groups is 1. The van der Waals surface area contributed by atoms with E-state index in [4.69, 9.17) is 10.2 Å². The average Bonchev–Trinajstić information content (AvgIpc) is 2.85. The highest BCUT2D eigenvalue weighted by Crippen LogP contribution is 2.16. The highest BCUT2D eigenvalue weighted by molar-refractivity contribution is 7.10. The van der Waals surface area contributed by atoms with Crippen molar-refractivity contribution in [1.29, 1.82) is 0 Å². The van der Waals surface area contributed by atoms with Gasteiger partial charge in [0.05, 0.1) is 29.7 Å². The molecular weight excluding hydrogens is 250 g/mol. The Balaban J connectivity index is 2.74. The fraction of sp³-hybridized carbons (Fsp3) is 0.462. The molecule has 0 aromatic carbocycles. The Morgan fingerprint density at radius 3 is 2.89 bits per heavy atom. The van der Waals surface area contributed by atoms with E-state index in [0.29, 0.717) is 12.0 Å². The van der Waals surface area contributed by atoms with Crippen molar-refractivity contribution >= 4 is 17.2 Å². The van der Waals surface area contributed by atoms with Crippen LogP contribution < -0.4 is 0 Å². The van der Waals surface area contributed by atoms with Crippen LogP contribution in [0.4, 0.5) is 0 Å². The molecule has 98 valence electrons. The van der Waals surface area contributed by atoms with Gasteiger partial charge in [-0.1, -0.05) is 11.8 Å². The van der Waals surface area contributed by atoms with Gasteiger partial charge in [0.15, 0.2) is 0 Å². The Morgan fingerprint density at radius 2 is 2.28 bits per heavy atom. The van der Waals surface area contributed by atoms with Gasteiger partial charge in [-0.2, -0.15) is 0 Å². The van der Waals surface area contributed by atoms with Gasteiger partial charge in [-0.25, -0.2) is 0 Å². The zero-order valence-corrected chi connectivity index (χ0v) is 11.3. The average molecular weight is 267 g/mol. The summed E-state index contributed by atoms with van der Waals surface area (Å²) in [6.07, 6.45) is 0.433. The fourth-order valence-corrected chi connectivity index (χ4v) is 1.99. The third-order valence-electron chi connectivity index (χ3n) is 2.54. The Bertz CT molecular complexity index is 458. The maximum Gasteiger partial charge on any atom is 0.254 e. The van der Waals surface area contributed by atoms with Crippen LogP contribution in [0.15, 0.2) is 11.4 Å². The van der Waals surface area contributed by atoms with Crippen LogP contribution in [-0.4, -0.2) is 47.3 Å². The summed E-state index contributed by atoms with van der Waals surface area (Å²) in [5.41, 5.74) is 0.580. The lowest BCUT2D eigenvalue weighted by Gasteiger charge is -2.22. The smallest absolute Gasteiger partial charge is 0.254 e. The van der Waals surface area contributed by atoms with Gasteiger partial charge in [-0.05, 0) is 13.0 Å². The summed E-state index contributed by atoms with van der Waals surface area (Å²) in [4.78, 5) is 14.3. The number of hydrogen-bond donors (Lipinski definition) is 2. The monoisotopic (exact) mass is 267 g/mol. The maximum absolute atomic E-state index is 12.0. The Hall–Kier alpha value is -1.35. The Morgan fingerprint density at radius 1 is 1.56 bits per heavy atom. The minimum absolute atomic E-state index is 0.0426. The third-order valence-corrected chi connectivity index (χ3v) is 3.39. The molecule has 0 fully saturated rings. The lowest BCUT2D eigenvalue weighted by Crippen LogP contribution is -2.37. The SMILES string of the molecule is CC(CO)N(C)C(=O)c1csc(C#CCCO)c1. The number of aliphatic hydroxyl groups is 2. The maximum atomic E-state index is 12.0. The molecule has 0 aliphatic carbocycles. The van der Waals surface area contributed by atoms with Gasteiger partial charge in [-0.3, -0.25) is 4.79 Å². The minimum Gasteiger partial charge on any atom is -0.395 e. The first-order valence-electron chi connectivity index (χ1n) is 5.66. The lowest BCUT2D eigenvalue weighted by molar-refractivity contribution is 0.0682. The molecule has 0 saturated carbocycles. The van der Waals surface area contributed by atoms with Crippen molar-refractivity contribution in [3.05, 3.63) is 21.9 Å². The lowest BCUT2D eigenvalue weighted by atomic mass is 10.2. The van der Waals surface area contributed by atoms with E-state index in [9.17, 15) is 4.79 Å². The Kier molecular flexibility index (Phi) is 5.86. The number of nitrogens with zero attached hydrogens (tertiary/aromatic N) is 1. The zero-order chi connectivity index (χ0) is 13.5. The van der Waals surface area contributed by atoms with Crippen molar-refractivity contribution in [2.75, 3.05) is 20.3 Å². The first-order valence-corrected chi connectivity index (χ1v) is 6.54. The molecule has 0 aliphatic heterocycles. The third kappa shape index (κ3) is 3.84. The van der Waals surface area contributed by atoms with Gasteiger partial charge in [0.1, 0.15) is 0 Å². The molecule has 1 rings (SSSR count). The van der Waals surface area contributed by atoms with Crippen molar-refractivity contribution in [3.63, 3.8) is 0 Å². The second-order valence-corrected chi connectivity index (χ2v) is 4.83. The van der Waals surface area contributed by atoms with Crippen LogP contribution in [-0.2, 0) is 0 Å². The number of carbonyl (C=O) groups excluding carboxylic acids is 1. The number of likely N-dealkylation sites (N-methyl/N-ethyl adjacent to an activating group) is 1. The number of rotatable bonds is 4. The van der Waals surface area contributed by atoms with Crippen LogP contribution in [0.2, 0.25) is 0 Å². The molecule has 18 heavy (non-hydrogen) atoms. The fourth-order valence-electron chi connectivity index (χ4n) is 1.25. The number of hydrogen-bond acceptors (Lipinski definition) is 4. The van der Waals surface area contributed by atoms with E-state index in [2.05, 4.69) is 11.8 Å². The molecule has 1 aromatic rings. The molecular formula is C13H17NO3S. The van der Waals surface area contributed by atoms with Crippen LogP contribution in [0.5, 0.6) is 0 Å². The molecule has 1 heterocycles. The van der Waals surface area contributed by atoms with Crippen LogP contribution in [0.25, 0.3) is 0 Å². The predicted molar refractivity (Wildman–Crippen MR) is 71.5 cm³/mol. The van der Waals surface area contributed by atoms with Crippen molar-refractivity contribution in [2.45, 2.75) is 19.4 Å². The van der Waals surface area contributed by atoms with Crippen LogP contribution in [0.1, 0.15) is 28.6 Å². The highest BCUT2D eigenvalue weighted by atomic mass is 32.1. The topological polar surface area (TPSA) is 60.8 Å². The first-order chi connectivity index (χ1) is 8.60. The van der Waals surface area contributed by atoms with E-state index in [-0.39, 0.29) is 25.2 Å². The summed E-state index contributed by atoms with van der Waals surface area (Å²) in [7, 11) is 1.66. The molecule has 0 saturated heterocycles. The quantitative estimate of drug-likeness (QED) is 0.798. The molecule has 0 bridgehead atoms. The van der Waals surface area contributed by atoms with E-state index in [1.807, 2.05) is 0 Å². The van der Waals surface area contributed by atoms with Gasteiger partial charge in [-0.15, -0.1) is 11.3 Å². The summed E-state index contributed by atoms with van der Waals surface area (Å²) in [5.74, 6) is 5.58. The second kappa shape index (κ2) is 7.17. The van der Waals surface area contributed by atoms with E-state index in [1.165, 1.54) is 16.2 Å². The van der Waals surface area contributed by atoms with Gasteiger partial charge < -0.3 is 15.1 Å². The Labute approximate surface area is 111 Å². The molecule has 1 amide bonds. The van der Waals surface area contributed by atoms with Crippen molar-refractivity contribution < 1.29 is 15.0 Å². The highest BCUT2D eigenvalue weighted by Gasteiger charge is 2.17. The molecule has 0 radical (unpaired) electrons. The van der Waals surface area contributed by atoms with Gasteiger partial charge in [0.25, 0.3) is 5.91 Å². The van der Waals surface area contributed by atoms with E-state index in [0.717, 1.165) is 4.88 Å². The van der Waals surface area contributed by atoms with Crippen molar-refractivity contribution in [1.82, 2.24) is 4.90 Å². The first kappa shape index (κ1) is 14.7. The summed E-state index contributed by atoms with van der Waals surface area (Å²) in [6.45, 7) is 1.77. The molecule has 0 spiro atoms. The van der Waals surface area contributed by atoms with E-state index < -0.39 is 0 Å². The molecule has 1 atom stereocenters. The predicted octanol–water partition coefficient (Wildman–Crippen LogP) is 0.935. The zero-order valence-electron chi connectivity index (χ0n) is 10.5.